The molecule has 3 heterocycles. The van der Waals surface area contributed by atoms with Crippen molar-refractivity contribution in [2.24, 2.45) is 0 Å². The van der Waals surface area contributed by atoms with Gasteiger partial charge in [0.2, 0.25) is 0 Å². The lowest BCUT2D eigenvalue weighted by Crippen LogP contribution is -2.22. The van der Waals surface area contributed by atoms with Crippen molar-refractivity contribution in [1.82, 2.24) is 14.8 Å². The molecule has 0 radical (unpaired) electrons. The highest BCUT2D eigenvalue weighted by molar-refractivity contribution is 6.10. The zero-order valence-electron chi connectivity index (χ0n) is 17.2. The molecule has 7 heteroatoms. The number of benzene rings is 1. The van der Waals surface area contributed by atoms with Gasteiger partial charge >= 0.3 is 0 Å². The molecule has 1 aliphatic rings. The lowest BCUT2D eigenvalue weighted by atomic mass is 10.0. The van der Waals surface area contributed by atoms with E-state index in [1.165, 1.54) is 0 Å². The van der Waals surface area contributed by atoms with Crippen LogP contribution in [0.1, 0.15) is 29.3 Å². The first-order valence-corrected chi connectivity index (χ1v) is 9.66. The molecule has 0 fully saturated rings. The summed E-state index contributed by atoms with van der Waals surface area (Å²) in [6.07, 6.45) is 6.11. The number of carbonyl (C=O) groups is 1. The molecule has 4 rings (SSSR count). The van der Waals surface area contributed by atoms with Crippen molar-refractivity contribution in [2.45, 2.75) is 26.4 Å². The quantitative estimate of drug-likeness (QED) is 0.611. The molecule has 0 N–H and O–H groups in total. The monoisotopic (exact) mass is 402 g/mol. The maximum absolute atomic E-state index is 12.9. The van der Waals surface area contributed by atoms with Gasteiger partial charge in [0.05, 0.1) is 32.6 Å². The van der Waals surface area contributed by atoms with E-state index in [4.69, 9.17) is 9.47 Å². The third-order valence-electron chi connectivity index (χ3n) is 4.95. The second-order valence-corrected chi connectivity index (χ2v) is 6.80. The third-order valence-corrected chi connectivity index (χ3v) is 4.95. The molecule has 2 aromatic heterocycles. The number of anilines is 1. The summed E-state index contributed by atoms with van der Waals surface area (Å²) in [6.45, 7) is 3.02. The summed E-state index contributed by atoms with van der Waals surface area (Å²) in [5.74, 6) is 7.04. The number of methoxy groups -OCH3 is 2. The predicted octanol–water partition coefficient (Wildman–Crippen LogP) is 3.54. The Bertz CT molecular complexity index is 1160. The third kappa shape index (κ3) is 3.60. The van der Waals surface area contributed by atoms with Gasteiger partial charge in [-0.1, -0.05) is 18.9 Å². The van der Waals surface area contributed by atoms with Gasteiger partial charge in [-0.3, -0.25) is 9.48 Å². The van der Waals surface area contributed by atoms with Gasteiger partial charge in [0, 0.05) is 29.9 Å². The molecule has 0 saturated heterocycles. The summed E-state index contributed by atoms with van der Waals surface area (Å²) >= 11 is 0. The Hall–Kier alpha value is -3.79. The van der Waals surface area contributed by atoms with Crippen LogP contribution in [0.25, 0.3) is 11.1 Å². The summed E-state index contributed by atoms with van der Waals surface area (Å²) in [5, 5.41) is 4.32. The number of rotatable bonds is 5. The largest absolute Gasteiger partial charge is 0.491 e. The van der Waals surface area contributed by atoms with E-state index in [0.717, 1.165) is 28.8 Å². The zero-order chi connectivity index (χ0) is 21.1. The number of pyridine rings is 1. The maximum atomic E-state index is 12.9. The molecule has 0 unspecified atom stereocenters. The van der Waals surface area contributed by atoms with E-state index in [-0.39, 0.29) is 5.91 Å². The number of hydrogen-bond acceptors (Lipinski definition) is 5. The molecule has 1 aromatic carbocycles. The Morgan fingerprint density at radius 3 is 2.73 bits per heavy atom. The van der Waals surface area contributed by atoms with Crippen LogP contribution in [0.2, 0.25) is 0 Å². The van der Waals surface area contributed by atoms with Gasteiger partial charge < -0.3 is 14.4 Å². The molecule has 0 bridgehead atoms. The van der Waals surface area contributed by atoms with Crippen LogP contribution >= 0.6 is 0 Å². The Balaban J connectivity index is 1.59. The zero-order valence-corrected chi connectivity index (χ0v) is 17.2. The van der Waals surface area contributed by atoms with E-state index in [1.54, 1.807) is 36.2 Å². The molecule has 0 atom stereocenters. The number of nitrogens with zero attached hydrogens (tertiary/aromatic N) is 4. The fourth-order valence-corrected chi connectivity index (χ4v) is 3.44. The fourth-order valence-electron chi connectivity index (χ4n) is 3.44. The number of hydrogen-bond donors (Lipinski definition) is 0. The second-order valence-electron chi connectivity index (χ2n) is 6.80. The standard InChI is InChI=1S/C23H22N4O3/c1-4-5-6-9-26-15-19(13-25-26)27-14-18-10-16(7-8-20(18)23(27)28)17-11-21(29-2)22(30-3)24-12-17/h7-8,10-13,15H,4,9,14H2,1-3H3. The average Bonchev–Trinajstić information content (AvgIpc) is 3.37. The highest BCUT2D eigenvalue weighted by Gasteiger charge is 2.29. The van der Waals surface area contributed by atoms with Crippen LogP contribution < -0.4 is 14.4 Å². The first-order chi connectivity index (χ1) is 14.6. The number of fused-ring (bicyclic) bond motifs is 1. The minimum atomic E-state index is -0.0267. The Labute approximate surface area is 175 Å². The van der Waals surface area contributed by atoms with Crippen LogP contribution in [0, 0.1) is 11.8 Å². The molecule has 0 aliphatic carbocycles. The molecule has 0 saturated carbocycles. The smallest absolute Gasteiger partial charge is 0.259 e. The number of amides is 1. The van der Waals surface area contributed by atoms with E-state index in [9.17, 15) is 4.79 Å². The topological polar surface area (TPSA) is 69.5 Å². The highest BCUT2D eigenvalue weighted by atomic mass is 16.5. The first-order valence-electron chi connectivity index (χ1n) is 9.66. The van der Waals surface area contributed by atoms with Gasteiger partial charge in [-0.2, -0.15) is 5.10 Å². The van der Waals surface area contributed by atoms with Gasteiger partial charge in [-0.25, -0.2) is 4.98 Å². The van der Waals surface area contributed by atoms with Crippen LogP contribution in [-0.2, 0) is 13.1 Å². The fraction of sp³-hybridized carbons (Fsp3) is 0.261. The van der Waals surface area contributed by atoms with Crippen LogP contribution in [0.15, 0.2) is 42.9 Å². The lowest BCUT2D eigenvalue weighted by Gasteiger charge is -2.12. The van der Waals surface area contributed by atoms with E-state index >= 15 is 0 Å². The molecule has 0 spiro atoms. The summed E-state index contributed by atoms with van der Waals surface area (Å²) in [7, 11) is 3.13. The molecule has 1 aliphatic heterocycles. The van der Waals surface area contributed by atoms with Crippen molar-refractivity contribution in [3.05, 3.63) is 54.0 Å². The highest BCUT2D eigenvalue weighted by Crippen LogP contribution is 2.34. The van der Waals surface area contributed by atoms with Crippen molar-refractivity contribution in [1.29, 1.82) is 0 Å². The molecular formula is C23H22N4O3. The Morgan fingerprint density at radius 1 is 1.10 bits per heavy atom. The molecule has 7 nitrogen and oxygen atoms in total. The first kappa shape index (κ1) is 19.5. The molecular weight excluding hydrogens is 380 g/mol. The van der Waals surface area contributed by atoms with E-state index in [0.29, 0.717) is 30.3 Å². The Kier molecular flexibility index (Phi) is 5.40. The number of carbonyl (C=O) groups excluding carboxylic acids is 1. The van der Waals surface area contributed by atoms with E-state index < -0.39 is 0 Å². The summed E-state index contributed by atoms with van der Waals surface area (Å²) in [4.78, 5) is 18.9. The van der Waals surface area contributed by atoms with Crippen LogP contribution in [-0.4, -0.2) is 34.9 Å². The Morgan fingerprint density at radius 2 is 1.97 bits per heavy atom. The van der Waals surface area contributed by atoms with Gasteiger partial charge in [-0.05, 0) is 29.3 Å². The van der Waals surface area contributed by atoms with Crippen LogP contribution in [0.4, 0.5) is 5.69 Å². The lowest BCUT2D eigenvalue weighted by molar-refractivity contribution is 0.0996. The van der Waals surface area contributed by atoms with E-state index in [1.807, 2.05) is 37.4 Å². The van der Waals surface area contributed by atoms with Crippen LogP contribution in [0.5, 0.6) is 11.6 Å². The van der Waals surface area contributed by atoms with Gasteiger partial charge in [0.25, 0.3) is 11.8 Å². The van der Waals surface area contributed by atoms with Crippen molar-refractivity contribution in [3.8, 4) is 34.6 Å². The van der Waals surface area contributed by atoms with Crippen molar-refractivity contribution in [3.63, 3.8) is 0 Å². The average molecular weight is 402 g/mol. The summed E-state index contributed by atoms with van der Waals surface area (Å²) < 4.78 is 12.3. The summed E-state index contributed by atoms with van der Waals surface area (Å²) in [5.41, 5.74) is 4.28. The van der Waals surface area contributed by atoms with Crippen molar-refractivity contribution in [2.75, 3.05) is 19.1 Å². The SMILES string of the molecule is CCC#CCn1cc(N2Cc3cc(-c4cnc(OC)c(OC)c4)ccc3C2=O)cn1. The maximum Gasteiger partial charge on any atom is 0.259 e. The van der Waals surface area contributed by atoms with Crippen molar-refractivity contribution < 1.29 is 14.3 Å². The second kappa shape index (κ2) is 8.29. The predicted molar refractivity (Wildman–Crippen MR) is 114 cm³/mol. The summed E-state index contributed by atoms with van der Waals surface area (Å²) in [6, 6.07) is 7.69. The van der Waals surface area contributed by atoms with Crippen LogP contribution in [0.3, 0.4) is 0 Å². The molecule has 3 aromatic rings. The molecule has 30 heavy (non-hydrogen) atoms. The minimum absolute atomic E-state index is 0.0267. The number of ether oxygens (including phenoxy) is 2. The van der Waals surface area contributed by atoms with Gasteiger partial charge in [0.1, 0.15) is 6.54 Å². The van der Waals surface area contributed by atoms with E-state index in [2.05, 4.69) is 21.9 Å². The number of aromatic nitrogens is 3. The normalized spacial score (nSPS) is 12.4. The molecule has 152 valence electrons. The molecule has 1 amide bonds. The van der Waals surface area contributed by atoms with Gasteiger partial charge in [0.15, 0.2) is 5.75 Å². The van der Waals surface area contributed by atoms with Crippen molar-refractivity contribution >= 4 is 11.6 Å². The minimum Gasteiger partial charge on any atom is -0.491 e. The van der Waals surface area contributed by atoms with Gasteiger partial charge in [-0.15, -0.1) is 5.92 Å².